The van der Waals surface area contributed by atoms with Crippen LogP contribution in [-0.2, 0) is 16.0 Å². The van der Waals surface area contributed by atoms with E-state index in [0.717, 1.165) is 37.9 Å². The van der Waals surface area contributed by atoms with Gasteiger partial charge < -0.3 is 24.6 Å². The summed E-state index contributed by atoms with van der Waals surface area (Å²) < 4.78 is 10.6. The smallest absolute Gasteiger partial charge is 0.227 e. The Labute approximate surface area is 179 Å². The van der Waals surface area contributed by atoms with Crippen molar-refractivity contribution in [2.45, 2.75) is 31.7 Å². The van der Waals surface area contributed by atoms with Gasteiger partial charge in [-0.1, -0.05) is 6.07 Å². The summed E-state index contributed by atoms with van der Waals surface area (Å²) in [6.45, 7) is 2.69. The standard InChI is InChI=1S/C21H31N3O4.ClH/c1-22-17-7-10-23(11-8-17)21(26)16-13-20(25)24(14-16)9-6-15-4-5-18(27-2)19(12-15)28-3;/h4-5,12,16-17,22H,6-11,13-14H2,1-3H3;1H. The van der Waals surface area contributed by atoms with Gasteiger partial charge in [0.1, 0.15) is 0 Å². The number of rotatable bonds is 7. The molecule has 3 rings (SSSR count). The molecule has 2 heterocycles. The minimum Gasteiger partial charge on any atom is -0.493 e. The molecule has 2 aliphatic heterocycles. The molecule has 2 fully saturated rings. The lowest BCUT2D eigenvalue weighted by molar-refractivity contribution is -0.136. The Morgan fingerprint density at radius 2 is 1.86 bits per heavy atom. The lowest BCUT2D eigenvalue weighted by Gasteiger charge is -2.33. The number of halogens is 1. The molecule has 29 heavy (non-hydrogen) atoms. The van der Waals surface area contributed by atoms with Crippen molar-refractivity contribution in [2.24, 2.45) is 5.92 Å². The lowest BCUT2D eigenvalue weighted by Crippen LogP contribution is -2.46. The molecule has 1 aromatic carbocycles. The molecule has 7 nitrogen and oxygen atoms in total. The molecule has 0 aromatic heterocycles. The number of hydrogen-bond acceptors (Lipinski definition) is 5. The maximum absolute atomic E-state index is 12.8. The van der Waals surface area contributed by atoms with Crippen molar-refractivity contribution in [3.05, 3.63) is 23.8 Å². The number of hydrogen-bond donors (Lipinski definition) is 1. The van der Waals surface area contributed by atoms with E-state index in [0.29, 0.717) is 37.1 Å². The molecule has 162 valence electrons. The van der Waals surface area contributed by atoms with Gasteiger partial charge in [-0.3, -0.25) is 9.59 Å². The summed E-state index contributed by atoms with van der Waals surface area (Å²) in [5.74, 6) is 1.38. The van der Waals surface area contributed by atoms with Gasteiger partial charge in [0.2, 0.25) is 11.8 Å². The first-order chi connectivity index (χ1) is 13.5. The minimum atomic E-state index is -0.205. The Balaban J connectivity index is 0.00000300. The van der Waals surface area contributed by atoms with E-state index in [4.69, 9.17) is 9.47 Å². The highest BCUT2D eigenvalue weighted by Crippen LogP contribution is 2.28. The normalized spacial score (nSPS) is 19.8. The molecule has 1 aromatic rings. The molecular weight excluding hydrogens is 394 g/mol. The molecule has 0 spiro atoms. The van der Waals surface area contributed by atoms with E-state index < -0.39 is 0 Å². The lowest BCUT2D eigenvalue weighted by atomic mass is 10.0. The predicted molar refractivity (Wildman–Crippen MR) is 114 cm³/mol. The highest BCUT2D eigenvalue weighted by molar-refractivity contribution is 5.89. The number of amides is 2. The van der Waals surface area contributed by atoms with Crippen LogP contribution in [0, 0.1) is 5.92 Å². The first-order valence-corrected chi connectivity index (χ1v) is 10.0. The fraction of sp³-hybridized carbons (Fsp3) is 0.619. The van der Waals surface area contributed by atoms with Gasteiger partial charge in [-0.25, -0.2) is 0 Å². The van der Waals surface area contributed by atoms with Crippen LogP contribution >= 0.6 is 12.4 Å². The highest BCUT2D eigenvalue weighted by atomic mass is 35.5. The molecule has 1 atom stereocenters. The van der Waals surface area contributed by atoms with Crippen LogP contribution in [0.5, 0.6) is 11.5 Å². The largest absolute Gasteiger partial charge is 0.493 e. The third-order valence-corrected chi connectivity index (χ3v) is 5.90. The Hall–Kier alpha value is -1.99. The monoisotopic (exact) mass is 425 g/mol. The van der Waals surface area contributed by atoms with Gasteiger partial charge >= 0.3 is 0 Å². The van der Waals surface area contributed by atoms with Crippen LogP contribution in [0.15, 0.2) is 18.2 Å². The summed E-state index contributed by atoms with van der Waals surface area (Å²) in [4.78, 5) is 29.0. The van der Waals surface area contributed by atoms with E-state index in [9.17, 15) is 9.59 Å². The molecule has 0 aliphatic carbocycles. The molecule has 2 saturated heterocycles. The van der Waals surface area contributed by atoms with Crippen molar-refractivity contribution in [1.29, 1.82) is 0 Å². The average Bonchev–Trinajstić information content (AvgIpc) is 3.12. The topological polar surface area (TPSA) is 71.1 Å². The Morgan fingerprint density at radius 3 is 2.48 bits per heavy atom. The van der Waals surface area contributed by atoms with Crippen LogP contribution in [0.25, 0.3) is 0 Å². The van der Waals surface area contributed by atoms with Gasteiger partial charge in [0.25, 0.3) is 0 Å². The number of methoxy groups -OCH3 is 2. The number of likely N-dealkylation sites (tertiary alicyclic amines) is 2. The maximum Gasteiger partial charge on any atom is 0.227 e. The molecule has 0 radical (unpaired) electrons. The molecule has 1 unspecified atom stereocenters. The number of nitrogens with zero attached hydrogens (tertiary/aromatic N) is 2. The number of benzene rings is 1. The number of carbonyl (C=O) groups is 2. The average molecular weight is 426 g/mol. The molecule has 2 aliphatic rings. The Kier molecular flexibility index (Phi) is 8.59. The van der Waals surface area contributed by atoms with Crippen molar-refractivity contribution < 1.29 is 19.1 Å². The SMILES string of the molecule is CNC1CCN(C(=O)C2CC(=O)N(CCc3ccc(OC)c(OC)c3)C2)CC1.Cl. The van der Waals surface area contributed by atoms with E-state index in [-0.39, 0.29) is 30.1 Å². The number of piperidine rings is 1. The van der Waals surface area contributed by atoms with Crippen molar-refractivity contribution in [1.82, 2.24) is 15.1 Å². The Morgan fingerprint density at radius 1 is 1.17 bits per heavy atom. The molecule has 1 N–H and O–H groups in total. The second kappa shape index (κ2) is 10.7. The number of carbonyl (C=O) groups excluding carboxylic acids is 2. The molecular formula is C21H32ClN3O4. The van der Waals surface area contributed by atoms with Gasteiger partial charge in [0, 0.05) is 38.6 Å². The van der Waals surface area contributed by atoms with Gasteiger partial charge in [-0.2, -0.15) is 0 Å². The summed E-state index contributed by atoms with van der Waals surface area (Å²) >= 11 is 0. The van der Waals surface area contributed by atoms with Crippen molar-refractivity contribution in [3.8, 4) is 11.5 Å². The minimum absolute atomic E-state index is 0. The highest BCUT2D eigenvalue weighted by Gasteiger charge is 2.37. The van der Waals surface area contributed by atoms with Gasteiger partial charge in [0.05, 0.1) is 20.1 Å². The number of nitrogens with one attached hydrogen (secondary N) is 1. The molecule has 0 bridgehead atoms. The second-order valence-electron chi connectivity index (χ2n) is 7.57. The van der Waals surface area contributed by atoms with Crippen molar-refractivity contribution in [3.63, 3.8) is 0 Å². The van der Waals surface area contributed by atoms with E-state index >= 15 is 0 Å². The quantitative estimate of drug-likeness (QED) is 0.720. The maximum atomic E-state index is 12.8. The van der Waals surface area contributed by atoms with Crippen LogP contribution in [0.2, 0.25) is 0 Å². The first kappa shape index (κ1) is 23.3. The molecule has 0 saturated carbocycles. The van der Waals surface area contributed by atoms with Gasteiger partial charge in [0.15, 0.2) is 11.5 Å². The third kappa shape index (κ3) is 5.54. The van der Waals surface area contributed by atoms with Gasteiger partial charge in [-0.15, -0.1) is 12.4 Å². The van der Waals surface area contributed by atoms with Crippen LogP contribution in [0.1, 0.15) is 24.8 Å². The fourth-order valence-electron chi connectivity index (χ4n) is 4.10. The van der Waals surface area contributed by atoms with Crippen LogP contribution in [-0.4, -0.2) is 75.1 Å². The Bertz CT molecular complexity index is 707. The van der Waals surface area contributed by atoms with Crippen molar-refractivity contribution >= 4 is 24.2 Å². The summed E-state index contributed by atoms with van der Waals surface area (Å²) in [6.07, 6.45) is 3.01. The van der Waals surface area contributed by atoms with E-state index in [1.807, 2.05) is 35.0 Å². The summed E-state index contributed by atoms with van der Waals surface area (Å²) in [6, 6.07) is 6.29. The predicted octanol–water partition coefficient (Wildman–Crippen LogP) is 1.73. The summed E-state index contributed by atoms with van der Waals surface area (Å²) in [5, 5.41) is 3.28. The summed E-state index contributed by atoms with van der Waals surface area (Å²) in [5.41, 5.74) is 1.08. The van der Waals surface area contributed by atoms with Crippen LogP contribution < -0.4 is 14.8 Å². The van der Waals surface area contributed by atoms with Crippen LogP contribution in [0.3, 0.4) is 0 Å². The zero-order valence-electron chi connectivity index (χ0n) is 17.5. The third-order valence-electron chi connectivity index (χ3n) is 5.90. The van der Waals surface area contributed by atoms with Crippen molar-refractivity contribution in [2.75, 3.05) is 47.4 Å². The summed E-state index contributed by atoms with van der Waals surface area (Å²) in [7, 11) is 5.19. The molecule has 8 heteroatoms. The first-order valence-electron chi connectivity index (χ1n) is 10.0. The van der Waals surface area contributed by atoms with Crippen LogP contribution in [0.4, 0.5) is 0 Å². The van der Waals surface area contributed by atoms with E-state index in [2.05, 4.69) is 5.32 Å². The van der Waals surface area contributed by atoms with Gasteiger partial charge in [-0.05, 0) is 44.0 Å². The van der Waals surface area contributed by atoms with E-state index in [1.165, 1.54) is 0 Å². The zero-order valence-corrected chi connectivity index (χ0v) is 18.3. The number of ether oxygens (including phenoxy) is 2. The molecule has 2 amide bonds. The zero-order chi connectivity index (χ0) is 20.1. The fourth-order valence-corrected chi connectivity index (χ4v) is 4.10. The van der Waals surface area contributed by atoms with E-state index in [1.54, 1.807) is 14.2 Å². The second-order valence-corrected chi connectivity index (χ2v) is 7.57.